The number of hydrogen-bond acceptors (Lipinski definition) is 4. The highest BCUT2D eigenvalue weighted by Crippen LogP contribution is 2.28. The van der Waals surface area contributed by atoms with Crippen molar-refractivity contribution in [1.82, 2.24) is 10.3 Å². The van der Waals surface area contributed by atoms with Crippen molar-refractivity contribution in [2.45, 2.75) is 19.5 Å². The number of ether oxygens (including phenoxy) is 2. The second kappa shape index (κ2) is 11.2. The number of aromatic nitrogens is 1. The average molecular weight is 385 g/mol. The molecule has 1 heterocycles. The highest BCUT2D eigenvalue weighted by atomic mass is 35.5. The molecule has 0 aliphatic heterocycles. The maximum absolute atomic E-state index is 5.91. The van der Waals surface area contributed by atoms with Gasteiger partial charge < -0.3 is 14.8 Å². The molecule has 142 valence electrons. The quantitative estimate of drug-likeness (QED) is 0.593. The fraction of sp³-hybridized carbons (Fsp3) is 0.227. The number of methoxy groups -OCH3 is 1. The number of rotatable bonds is 9. The summed E-state index contributed by atoms with van der Waals surface area (Å²) in [5.41, 5.74) is 3.59. The van der Waals surface area contributed by atoms with Crippen molar-refractivity contribution in [3.63, 3.8) is 0 Å². The van der Waals surface area contributed by atoms with E-state index in [2.05, 4.69) is 34.6 Å². The first kappa shape index (κ1) is 20.7. The van der Waals surface area contributed by atoms with Gasteiger partial charge in [0.05, 0.1) is 13.7 Å². The number of nitrogens with zero attached hydrogens (tertiary/aromatic N) is 1. The van der Waals surface area contributed by atoms with Gasteiger partial charge in [-0.05, 0) is 34.9 Å². The van der Waals surface area contributed by atoms with Crippen LogP contribution in [0.1, 0.15) is 16.7 Å². The molecule has 27 heavy (non-hydrogen) atoms. The normalized spacial score (nSPS) is 10.1. The molecule has 1 aromatic heterocycles. The van der Waals surface area contributed by atoms with E-state index < -0.39 is 0 Å². The van der Waals surface area contributed by atoms with Gasteiger partial charge >= 0.3 is 0 Å². The predicted octanol–water partition coefficient (Wildman–Crippen LogP) is 4.42. The monoisotopic (exact) mass is 384 g/mol. The summed E-state index contributed by atoms with van der Waals surface area (Å²) in [6.45, 7) is 2.17. The van der Waals surface area contributed by atoms with Crippen LogP contribution in [-0.4, -0.2) is 18.7 Å². The SMILES string of the molecule is COc1cc(CNCc2cccnc2)ccc1OCCc1ccccc1.Cl. The Morgan fingerprint density at radius 2 is 1.63 bits per heavy atom. The third kappa shape index (κ3) is 6.59. The maximum atomic E-state index is 5.91. The van der Waals surface area contributed by atoms with Crippen molar-refractivity contribution >= 4 is 12.4 Å². The Labute approximate surface area is 167 Å². The molecule has 0 amide bonds. The smallest absolute Gasteiger partial charge is 0.161 e. The lowest BCUT2D eigenvalue weighted by Gasteiger charge is -2.13. The molecule has 1 N–H and O–H groups in total. The highest BCUT2D eigenvalue weighted by Gasteiger charge is 2.06. The van der Waals surface area contributed by atoms with Crippen LogP contribution in [-0.2, 0) is 19.5 Å². The molecule has 0 fully saturated rings. The third-order valence-corrected chi connectivity index (χ3v) is 4.10. The summed E-state index contributed by atoms with van der Waals surface area (Å²) in [6, 6.07) is 20.4. The van der Waals surface area contributed by atoms with E-state index in [0.29, 0.717) is 6.61 Å². The van der Waals surface area contributed by atoms with E-state index in [-0.39, 0.29) is 12.4 Å². The average Bonchev–Trinajstić information content (AvgIpc) is 2.70. The second-order valence-corrected chi connectivity index (χ2v) is 6.03. The van der Waals surface area contributed by atoms with Gasteiger partial charge in [0, 0.05) is 31.9 Å². The highest BCUT2D eigenvalue weighted by molar-refractivity contribution is 5.85. The molecule has 0 saturated heterocycles. The van der Waals surface area contributed by atoms with Crippen LogP contribution in [0.5, 0.6) is 11.5 Å². The molecule has 0 aliphatic carbocycles. The lowest BCUT2D eigenvalue weighted by atomic mass is 10.1. The first-order valence-electron chi connectivity index (χ1n) is 8.78. The van der Waals surface area contributed by atoms with Gasteiger partial charge in [-0.25, -0.2) is 0 Å². The van der Waals surface area contributed by atoms with Crippen LogP contribution in [0.15, 0.2) is 73.1 Å². The van der Waals surface area contributed by atoms with Crippen LogP contribution in [0.2, 0.25) is 0 Å². The Kier molecular flexibility index (Phi) is 8.62. The lowest BCUT2D eigenvalue weighted by Crippen LogP contribution is -2.13. The fourth-order valence-electron chi connectivity index (χ4n) is 2.72. The van der Waals surface area contributed by atoms with E-state index in [0.717, 1.165) is 36.6 Å². The Bertz CT molecular complexity index is 798. The maximum Gasteiger partial charge on any atom is 0.161 e. The topological polar surface area (TPSA) is 43.4 Å². The van der Waals surface area contributed by atoms with Crippen molar-refractivity contribution in [1.29, 1.82) is 0 Å². The van der Waals surface area contributed by atoms with E-state index in [1.807, 2.05) is 42.6 Å². The molecule has 5 heteroatoms. The zero-order chi connectivity index (χ0) is 18.0. The summed E-state index contributed by atoms with van der Waals surface area (Å²) in [4.78, 5) is 4.12. The Balaban J connectivity index is 0.00000261. The Morgan fingerprint density at radius 1 is 0.852 bits per heavy atom. The van der Waals surface area contributed by atoms with Gasteiger partial charge in [0.15, 0.2) is 11.5 Å². The predicted molar refractivity (Wildman–Crippen MR) is 111 cm³/mol. The molecule has 3 rings (SSSR count). The molecule has 2 aromatic carbocycles. The molecule has 4 nitrogen and oxygen atoms in total. The van der Waals surface area contributed by atoms with E-state index in [4.69, 9.17) is 9.47 Å². The zero-order valence-electron chi connectivity index (χ0n) is 15.4. The van der Waals surface area contributed by atoms with Gasteiger partial charge in [0.1, 0.15) is 0 Å². The minimum Gasteiger partial charge on any atom is -0.493 e. The summed E-state index contributed by atoms with van der Waals surface area (Å²) in [5.74, 6) is 1.54. The summed E-state index contributed by atoms with van der Waals surface area (Å²) >= 11 is 0. The summed E-state index contributed by atoms with van der Waals surface area (Å²) in [7, 11) is 1.67. The summed E-state index contributed by atoms with van der Waals surface area (Å²) < 4.78 is 11.4. The molecular formula is C22H25ClN2O2. The van der Waals surface area contributed by atoms with Crippen LogP contribution in [0, 0.1) is 0 Å². The first-order valence-corrected chi connectivity index (χ1v) is 8.78. The fourth-order valence-corrected chi connectivity index (χ4v) is 2.72. The molecule has 0 aliphatic rings. The van der Waals surface area contributed by atoms with E-state index in [1.54, 1.807) is 13.3 Å². The largest absolute Gasteiger partial charge is 0.493 e. The minimum absolute atomic E-state index is 0. The van der Waals surface area contributed by atoms with E-state index in [9.17, 15) is 0 Å². The van der Waals surface area contributed by atoms with Crippen molar-refractivity contribution in [3.8, 4) is 11.5 Å². The van der Waals surface area contributed by atoms with Crippen LogP contribution in [0.4, 0.5) is 0 Å². The first-order chi connectivity index (χ1) is 12.8. The zero-order valence-corrected chi connectivity index (χ0v) is 16.2. The molecule has 3 aromatic rings. The van der Waals surface area contributed by atoms with Crippen LogP contribution in [0.25, 0.3) is 0 Å². The molecule has 0 unspecified atom stereocenters. The van der Waals surface area contributed by atoms with Crippen molar-refractivity contribution < 1.29 is 9.47 Å². The van der Waals surface area contributed by atoms with E-state index in [1.165, 1.54) is 11.1 Å². The second-order valence-electron chi connectivity index (χ2n) is 6.03. The Morgan fingerprint density at radius 3 is 2.37 bits per heavy atom. The van der Waals surface area contributed by atoms with Crippen LogP contribution >= 0.6 is 12.4 Å². The lowest BCUT2D eigenvalue weighted by molar-refractivity contribution is 0.297. The molecule has 0 bridgehead atoms. The van der Waals surface area contributed by atoms with Gasteiger partial charge in [-0.3, -0.25) is 4.98 Å². The standard InChI is InChI=1S/C22H24N2O2.ClH/c1-25-22-14-19(15-24-17-20-8-5-12-23-16-20)9-10-21(22)26-13-11-18-6-3-2-4-7-18;/h2-10,12,14,16,24H,11,13,15,17H2,1H3;1H. The number of nitrogens with one attached hydrogen (secondary N) is 1. The van der Waals surface area contributed by atoms with Gasteiger partial charge in [0.25, 0.3) is 0 Å². The van der Waals surface area contributed by atoms with Crippen molar-refractivity contribution in [2.24, 2.45) is 0 Å². The summed E-state index contributed by atoms with van der Waals surface area (Å²) in [6.07, 6.45) is 4.53. The van der Waals surface area contributed by atoms with Gasteiger partial charge in [-0.15, -0.1) is 12.4 Å². The Hall–Kier alpha value is -2.56. The van der Waals surface area contributed by atoms with E-state index >= 15 is 0 Å². The molecule has 0 saturated carbocycles. The number of pyridine rings is 1. The molecule has 0 atom stereocenters. The molecule has 0 radical (unpaired) electrons. The minimum atomic E-state index is 0. The summed E-state index contributed by atoms with van der Waals surface area (Å²) in [5, 5.41) is 3.42. The molecular weight excluding hydrogens is 360 g/mol. The van der Waals surface area contributed by atoms with Crippen molar-refractivity contribution in [2.75, 3.05) is 13.7 Å². The van der Waals surface area contributed by atoms with Gasteiger partial charge in [0.2, 0.25) is 0 Å². The number of benzene rings is 2. The third-order valence-electron chi connectivity index (χ3n) is 4.10. The van der Waals surface area contributed by atoms with Gasteiger partial charge in [-0.2, -0.15) is 0 Å². The molecule has 0 spiro atoms. The number of hydrogen-bond donors (Lipinski definition) is 1. The van der Waals surface area contributed by atoms with Crippen molar-refractivity contribution in [3.05, 3.63) is 89.7 Å². The van der Waals surface area contributed by atoms with Gasteiger partial charge in [-0.1, -0.05) is 42.5 Å². The number of halogens is 1. The van der Waals surface area contributed by atoms with Crippen LogP contribution < -0.4 is 14.8 Å². The van der Waals surface area contributed by atoms with Crippen LogP contribution in [0.3, 0.4) is 0 Å².